The van der Waals surface area contributed by atoms with Crippen LogP contribution in [0, 0.1) is 0 Å². The van der Waals surface area contributed by atoms with Crippen LogP contribution in [0.25, 0.3) is 0 Å². The fourth-order valence-corrected chi connectivity index (χ4v) is 2.86. The summed E-state index contributed by atoms with van der Waals surface area (Å²) in [7, 11) is 1.70. The van der Waals surface area contributed by atoms with E-state index in [2.05, 4.69) is 21.7 Å². The molecule has 1 aliphatic rings. The maximum absolute atomic E-state index is 5.89. The van der Waals surface area contributed by atoms with Crippen molar-refractivity contribution in [1.82, 2.24) is 9.88 Å². The quantitative estimate of drug-likeness (QED) is 0.851. The summed E-state index contributed by atoms with van der Waals surface area (Å²) in [6, 6.07) is 4.39. The number of methoxy groups -OCH3 is 1. The summed E-state index contributed by atoms with van der Waals surface area (Å²) in [5.74, 6) is 1.80. The Morgan fingerprint density at radius 3 is 2.70 bits per heavy atom. The van der Waals surface area contributed by atoms with Crippen LogP contribution < -0.4 is 15.4 Å². The molecule has 0 aliphatic carbocycles. The van der Waals surface area contributed by atoms with Crippen LogP contribution in [0.15, 0.2) is 18.3 Å². The Kier molecular flexibility index (Phi) is 5.61. The van der Waals surface area contributed by atoms with E-state index in [1.807, 2.05) is 18.3 Å². The minimum absolute atomic E-state index is 0.521. The molecule has 2 rings (SSSR count). The molecule has 1 aromatic rings. The molecule has 2 N–H and O–H groups in total. The molecule has 0 saturated carbocycles. The average Bonchev–Trinajstić information content (AvgIpc) is 2.53. The van der Waals surface area contributed by atoms with Gasteiger partial charge in [-0.3, -0.25) is 4.90 Å². The van der Waals surface area contributed by atoms with E-state index in [0.29, 0.717) is 6.04 Å². The first kappa shape index (κ1) is 15.1. The van der Waals surface area contributed by atoms with Crippen molar-refractivity contribution in [2.75, 3.05) is 44.7 Å². The predicted octanol–water partition coefficient (Wildman–Crippen LogP) is 1.34. The number of piperazine rings is 1. The highest BCUT2D eigenvalue weighted by Gasteiger charge is 2.24. The molecule has 0 bridgehead atoms. The van der Waals surface area contributed by atoms with E-state index in [0.717, 1.165) is 44.3 Å². The molecule has 0 amide bonds. The van der Waals surface area contributed by atoms with Crippen LogP contribution in [-0.4, -0.2) is 55.8 Å². The van der Waals surface area contributed by atoms with Gasteiger partial charge in [-0.15, -0.1) is 0 Å². The standard InChI is InChI=1S/C15H26N4O/c1-3-5-13(12-16)18-8-10-19(11-9-18)15-14(20-2)6-4-7-17-15/h4,6-7,13H,3,5,8-12,16H2,1-2H3. The Hall–Kier alpha value is -1.33. The summed E-state index contributed by atoms with van der Waals surface area (Å²) in [6.45, 7) is 7.02. The molecular weight excluding hydrogens is 252 g/mol. The zero-order valence-electron chi connectivity index (χ0n) is 12.6. The molecule has 20 heavy (non-hydrogen) atoms. The van der Waals surface area contributed by atoms with Gasteiger partial charge in [0.1, 0.15) is 0 Å². The molecule has 5 heteroatoms. The van der Waals surface area contributed by atoms with Crippen molar-refractivity contribution in [1.29, 1.82) is 0 Å². The Morgan fingerprint density at radius 1 is 1.35 bits per heavy atom. The fraction of sp³-hybridized carbons (Fsp3) is 0.667. The second-order valence-electron chi connectivity index (χ2n) is 5.23. The van der Waals surface area contributed by atoms with Gasteiger partial charge in [-0.25, -0.2) is 4.98 Å². The Labute approximate surface area is 121 Å². The van der Waals surface area contributed by atoms with Crippen LogP contribution in [0.3, 0.4) is 0 Å². The summed E-state index contributed by atoms with van der Waals surface area (Å²) < 4.78 is 5.39. The Balaban J connectivity index is 1.97. The summed E-state index contributed by atoms with van der Waals surface area (Å²) in [5, 5.41) is 0. The lowest BCUT2D eigenvalue weighted by Gasteiger charge is -2.39. The van der Waals surface area contributed by atoms with Crippen molar-refractivity contribution in [3.63, 3.8) is 0 Å². The number of hydrogen-bond donors (Lipinski definition) is 1. The van der Waals surface area contributed by atoms with E-state index in [9.17, 15) is 0 Å². The van der Waals surface area contributed by atoms with Gasteiger partial charge in [-0.05, 0) is 18.6 Å². The van der Waals surface area contributed by atoms with Crippen LogP contribution in [0.1, 0.15) is 19.8 Å². The third kappa shape index (κ3) is 3.41. The van der Waals surface area contributed by atoms with E-state index in [-0.39, 0.29) is 0 Å². The first-order chi connectivity index (χ1) is 9.80. The topological polar surface area (TPSA) is 54.6 Å². The number of aromatic nitrogens is 1. The van der Waals surface area contributed by atoms with E-state index < -0.39 is 0 Å². The van der Waals surface area contributed by atoms with Crippen LogP contribution in [0.2, 0.25) is 0 Å². The Morgan fingerprint density at radius 2 is 2.10 bits per heavy atom. The highest BCUT2D eigenvalue weighted by atomic mass is 16.5. The van der Waals surface area contributed by atoms with Gasteiger partial charge < -0.3 is 15.4 Å². The van der Waals surface area contributed by atoms with Gasteiger partial charge in [0.05, 0.1) is 7.11 Å². The van der Waals surface area contributed by atoms with Gasteiger partial charge >= 0.3 is 0 Å². The largest absolute Gasteiger partial charge is 0.493 e. The third-order valence-corrected chi connectivity index (χ3v) is 3.99. The molecule has 1 saturated heterocycles. The van der Waals surface area contributed by atoms with Gasteiger partial charge in [-0.1, -0.05) is 13.3 Å². The molecule has 112 valence electrons. The second-order valence-corrected chi connectivity index (χ2v) is 5.23. The second kappa shape index (κ2) is 7.45. The smallest absolute Gasteiger partial charge is 0.171 e. The van der Waals surface area contributed by atoms with Crippen LogP contribution in [0.5, 0.6) is 5.75 Å². The maximum Gasteiger partial charge on any atom is 0.171 e. The zero-order chi connectivity index (χ0) is 14.4. The molecule has 0 aromatic carbocycles. The third-order valence-electron chi connectivity index (χ3n) is 3.99. The molecular formula is C15H26N4O. The maximum atomic E-state index is 5.89. The Bertz CT molecular complexity index is 405. The van der Waals surface area contributed by atoms with Gasteiger partial charge in [0.15, 0.2) is 11.6 Å². The highest BCUT2D eigenvalue weighted by Crippen LogP contribution is 2.26. The van der Waals surface area contributed by atoms with Gasteiger partial charge in [-0.2, -0.15) is 0 Å². The molecule has 1 unspecified atom stereocenters. The number of nitrogens with zero attached hydrogens (tertiary/aromatic N) is 3. The summed E-state index contributed by atoms with van der Waals surface area (Å²) in [6.07, 6.45) is 4.20. The number of hydrogen-bond acceptors (Lipinski definition) is 5. The molecule has 0 radical (unpaired) electrons. The van der Waals surface area contributed by atoms with Gasteiger partial charge in [0.25, 0.3) is 0 Å². The number of nitrogens with two attached hydrogens (primary N) is 1. The molecule has 1 atom stereocenters. The fourth-order valence-electron chi connectivity index (χ4n) is 2.86. The molecule has 2 heterocycles. The highest BCUT2D eigenvalue weighted by molar-refractivity contribution is 5.52. The SMILES string of the molecule is CCCC(CN)N1CCN(c2ncccc2OC)CC1. The van der Waals surface area contributed by atoms with E-state index in [1.165, 1.54) is 12.8 Å². The van der Waals surface area contributed by atoms with E-state index in [4.69, 9.17) is 10.5 Å². The lowest BCUT2D eigenvalue weighted by atomic mass is 10.1. The number of ether oxygens (including phenoxy) is 1. The van der Waals surface area contributed by atoms with E-state index >= 15 is 0 Å². The van der Waals surface area contributed by atoms with E-state index in [1.54, 1.807) is 7.11 Å². The molecule has 1 fully saturated rings. The average molecular weight is 278 g/mol. The molecule has 1 aliphatic heterocycles. The lowest BCUT2D eigenvalue weighted by molar-refractivity contribution is 0.179. The van der Waals surface area contributed by atoms with Crippen molar-refractivity contribution >= 4 is 5.82 Å². The van der Waals surface area contributed by atoms with Gasteiger partial charge in [0, 0.05) is 45.0 Å². The summed E-state index contributed by atoms with van der Waals surface area (Å²) >= 11 is 0. The van der Waals surface area contributed by atoms with Crippen LogP contribution >= 0.6 is 0 Å². The van der Waals surface area contributed by atoms with Crippen molar-refractivity contribution < 1.29 is 4.74 Å². The predicted molar refractivity (Wildman–Crippen MR) is 82.3 cm³/mol. The van der Waals surface area contributed by atoms with Gasteiger partial charge in [0.2, 0.25) is 0 Å². The van der Waals surface area contributed by atoms with Crippen molar-refractivity contribution in [2.24, 2.45) is 5.73 Å². The molecule has 0 spiro atoms. The molecule has 1 aromatic heterocycles. The van der Waals surface area contributed by atoms with Crippen LogP contribution in [0.4, 0.5) is 5.82 Å². The normalized spacial score (nSPS) is 18.1. The summed E-state index contributed by atoms with van der Waals surface area (Å²) in [5.41, 5.74) is 5.89. The minimum atomic E-state index is 0.521. The van der Waals surface area contributed by atoms with Crippen LogP contribution in [-0.2, 0) is 0 Å². The lowest BCUT2D eigenvalue weighted by Crippen LogP contribution is -2.52. The molecule has 5 nitrogen and oxygen atoms in total. The first-order valence-corrected chi connectivity index (χ1v) is 7.48. The monoisotopic (exact) mass is 278 g/mol. The number of anilines is 1. The van der Waals surface area contributed by atoms with Crippen molar-refractivity contribution in [3.8, 4) is 5.75 Å². The number of pyridine rings is 1. The minimum Gasteiger partial charge on any atom is -0.493 e. The zero-order valence-corrected chi connectivity index (χ0v) is 12.6. The summed E-state index contributed by atoms with van der Waals surface area (Å²) in [4.78, 5) is 9.27. The van der Waals surface area contributed by atoms with Crippen molar-refractivity contribution in [2.45, 2.75) is 25.8 Å². The first-order valence-electron chi connectivity index (χ1n) is 7.48. The number of rotatable bonds is 6. The van der Waals surface area contributed by atoms with Crippen molar-refractivity contribution in [3.05, 3.63) is 18.3 Å².